The summed E-state index contributed by atoms with van der Waals surface area (Å²) in [6, 6.07) is 24.0. The zero-order valence-electron chi connectivity index (χ0n) is 17.2. The highest BCUT2D eigenvalue weighted by Crippen LogP contribution is 2.38. The number of hydrogen-bond acceptors (Lipinski definition) is 2. The first-order valence-electron chi connectivity index (χ1n) is 9.87. The van der Waals surface area contributed by atoms with E-state index in [0.717, 1.165) is 33.4 Å². The molecule has 3 rings (SSSR count). The van der Waals surface area contributed by atoms with E-state index in [-0.39, 0.29) is 0 Å². The lowest BCUT2D eigenvalue weighted by atomic mass is 9.78. The molecule has 0 aromatic heterocycles. The van der Waals surface area contributed by atoms with Gasteiger partial charge in [0.25, 0.3) is 0 Å². The number of rotatable bonds is 6. The van der Waals surface area contributed by atoms with Crippen LogP contribution in [0, 0.1) is 20.8 Å². The molecule has 0 radical (unpaired) electrons. The van der Waals surface area contributed by atoms with Crippen molar-refractivity contribution in [3.63, 3.8) is 0 Å². The van der Waals surface area contributed by atoms with Crippen LogP contribution in [0.5, 0.6) is 0 Å². The maximum absolute atomic E-state index is 11.8. The third kappa shape index (κ3) is 4.35. The Labute approximate surface area is 168 Å². The minimum absolute atomic E-state index is 0.417. The monoisotopic (exact) mass is 374 g/mol. The first-order chi connectivity index (χ1) is 13.2. The standard InChI is InChI=1S/C26H30O2/c1-19-5-11-22(12-6-19)25(4,27)17-18-26(28,23-13-7-20(2)8-14-23)24-15-9-21(3)10-16-24/h5-16,27-28H,17-18H2,1-4H3. The number of benzene rings is 3. The molecule has 3 aromatic carbocycles. The van der Waals surface area contributed by atoms with Gasteiger partial charge >= 0.3 is 0 Å². The second-order valence-electron chi connectivity index (χ2n) is 8.23. The first kappa shape index (κ1) is 20.3. The van der Waals surface area contributed by atoms with Gasteiger partial charge in [-0.15, -0.1) is 0 Å². The summed E-state index contributed by atoms with van der Waals surface area (Å²) in [7, 11) is 0. The van der Waals surface area contributed by atoms with Crippen molar-refractivity contribution in [3.05, 3.63) is 106 Å². The maximum Gasteiger partial charge on any atom is 0.115 e. The van der Waals surface area contributed by atoms with Crippen LogP contribution >= 0.6 is 0 Å². The molecule has 0 aliphatic carbocycles. The molecule has 0 amide bonds. The molecule has 0 heterocycles. The molecular formula is C26H30O2. The summed E-state index contributed by atoms with van der Waals surface area (Å²) >= 11 is 0. The predicted octanol–water partition coefficient (Wildman–Crippen LogP) is 5.54. The van der Waals surface area contributed by atoms with Gasteiger partial charge in [-0.2, -0.15) is 0 Å². The lowest BCUT2D eigenvalue weighted by Crippen LogP contribution is -2.31. The van der Waals surface area contributed by atoms with Crippen LogP contribution in [0.3, 0.4) is 0 Å². The fourth-order valence-electron chi connectivity index (χ4n) is 3.60. The van der Waals surface area contributed by atoms with Gasteiger partial charge in [-0.05, 0) is 57.2 Å². The zero-order chi connectivity index (χ0) is 20.4. The summed E-state index contributed by atoms with van der Waals surface area (Å²) in [6.45, 7) is 7.93. The third-order valence-electron chi connectivity index (χ3n) is 5.71. The fraction of sp³-hybridized carbons (Fsp3) is 0.308. The highest BCUT2D eigenvalue weighted by Gasteiger charge is 2.35. The Kier molecular flexibility index (Phi) is 5.74. The molecule has 1 unspecified atom stereocenters. The van der Waals surface area contributed by atoms with Gasteiger partial charge in [0.05, 0.1) is 5.60 Å². The lowest BCUT2D eigenvalue weighted by molar-refractivity contribution is 0.00291. The van der Waals surface area contributed by atoms with Crippen molar-refractivity contribution in [2.24, 2.45) is 0 Å². The van der Waals surface area contributed by atoms with Crippen LogP contribution < -0.4 is 0 Å². The minimum Gasteiger partial charge on any atom is -0.385 e. The van der Waals surface area contributed by atoms with Crippen LogP contribution in [0.1, 0.15) is 53.1 Å². The lowest BCUT2D eigenvalue weighted by Gasteiger charge is -2.33. The molecule has 0 saturated heterocycles. The summed E-state index contributed by atoms with van der Waals surface area (Å²) in [4.78, 5) is 0. The van der Waals surface area contributed by atoms with Gasteiger partial charge in [0, 0.05) is 0 Å². The summed E-state index contributed by atoms with van der Waals surface area (Å²) < 4.78 is 0. The predicted molar refractivity (Wildman–Crippen MR) is 115 cm³/mol. The SMILES string of the molecule is Cc1ccc(C(C)(O)CCC(O)(c2ccc(C)cc2)c2ccc(C)cc2)cc1. The normalized spacial score (nSPS) is 13.9. The Morgan fingerprint density at radius 2 is 0.857 bits per heavy atom. The number of aliphatic hydroxyl groups is 2. The van der Waals surface area contributed by atoms with Gasteiger partial charge in [0.1, 0.15) is 5.60 Å². The molecule has 0 aliphatic rings. The molecule has 0 spiro atoms. The molecule has 146 valence electrons. The molecule has 0 saturated carbocycles. The van der Waals surface area contributed by atoms with Crippen molar-refractivity contribution in [2.75, 3.05) is 0 Å². The van der Waals surface area contributed by atoms with Crippen molar-refractivity contribution in [2.45, 2.75) is 51.7 Å². The van der Waals surface area contributed by atoms with Crippen molar-refractivity contribution in [1.82, 2.24) is 0 Å². The Hall–Kier alpha value is -2.42. The average Bonchev–Trinajstić information content (AvgIpc) is 2.67. The van der Waals surface area contributed by atoms with Crippen molar-refractivity contribution < 1.29 is 10.2 Å². The minimum atomic E-state index is -1.16. The van der Waals surface area contributed by atoms with E-state index in [1.54, 1.807) is 0 Å². The van der Waals surface area contributed by atoms with Gasteiger partial charge in [-0.1, -0.05) is 89.5 Å². The van der Waals surface area contributed by atoms with Gasteiger partial charge < -0.3 is 10.2 Å². The van der Waals surface area contributed by atoms with E-state index in [1.807, 2.05) is 100 Å². The Morgan fingerprint density at radius 1 is 0.536 bits per heavy atom. The van der Waals surface area contributed by atoms with E-state index < -0.39 is 11.2 Å². The van der Waals surface area contributed by atoms with E-state index in [9.17, 15) is 10.2 Å². The Balaban J connectivity index is 1.94. The number of hydrogen-bond donors (Lipinski definition) is 2. The van der Waals surface area contributed by atoms with E-state index >= 15 is 0 Å². The van der Waals surface area contributed by atoms with Gasteiger partial charge in [-0.3, -0.25) is 0 Å². The summed E-state index contributed by atoms with van der Waals surface area (Å²) in [5.74, 6) is 0. The van der Waals surface area contributed by atoms with E-state index in [0.29, 0.717) is 12.8 Å². The third-order valence-corrected chi connectivity index (χ3v) is 5.71. The van der Waals surface area contributed by atoms with E-state index in [1.165, 1.54) is 0 Å². The first-order valence-corrected chi connectivity index (χ1v) is 9.87. The smallest absolute Gasteiger partial charge is 0.115 e. The Bertz CT molecular complexity index is 859. The largest absolute Gasteiger partial charge is 0.385 e. The number of aryl methyl sites for hydroxylation is 3. The highest BCUT2D eigenvalue weighted by molar-refractivity contribution is 5.38. The van der Waals surface area contributed by atoms with Crippen LogP contribution in [-0.2, 0) is 11.2 Å². The molecule has 1 atom stereocenters. The highest BCUT2D eigenvalue weighted by atomic mass is 16.3. The van der Waals surface area contributed by atoms with Gasteiger partial charge in [0.2, 0.25) is 0 Å². The van der Waals surface area contributed by atoms with Crippen molar-refractivity contribution in [1.29, 1.82) is 0 Å². The summed E-state index contributed by atoms with van der Waals surface area (Å²) in [6.07, 6.45) is 0.855. The van der Waals surface area contributed by atoms with E-state index in [4.69, 9.17) is 0 Å². The summed E-state index contributed by atoms with van der Waals surface area (Å²) in [5, 5.41) is 22.9. The van der Waals surface area contributed by atoms with Crippen LogP contribution in [0.2, 0.25) is 0 Å². The van der Waals surface area contributed by atoms with Crippen molar-refractivity contribution in [3.8, 4) is 0 Å². The van der Waals surface area contributed by atoms with Crippen molar-refractivity contribution >= 4 is 0 Å². The van der Waals surface area contributed by atoms with Gasteiger partial charge in [-0.25, -0.2) is 0 Å². The fourth-order valence-corrected chi connectivity index (χ4v) is 3.60. The van der Waals surface area contributed by atoms with E-state index in [2.05, 4.69) is 0 Å². The second-order valence-corrected chi connectivity index (χ2v) is 8.23. The molecule has 2 heteroatoms. The molecule has 3 aromatic rings. The average molecular weight is 375 g/mol. The van der Waals surface area contributed by atoms with Crippen LogP contribution in [0.4, 0.5) is 0 Å². The Morgan fingerprint density at radius 3 is 1.21 bits per heavy atom. The molecule has 2 nitrogen and oxygen atoms in total. The maximum atomic E-state index is 11.8. The van der Waals surface area contributed by atoms with Crippen LogP contribution in [0.25, 0.3) is 0 Å². The van der Waals surface area contributed by atoms with Gasteiger partial charge in [0.15, 0.2) is 0 Å². The molecule has 0 fully saturated rings. The van der Waals surface area contributed by atoms with Crippen LogP contribution in [0.15, 0.2) is 72.8 Å². The molecule has 28 heavy (non-hydrogen) atoms. The topological polar surface area (TPSA) is 40.5 Å². The molecular weight excluding hydrogens is 344 g/mol. The molecule has 0 bridgehead atoms. The zero-order valence-corrected chi connectivity index (χ0v) is 17.2. The quantitative estimate of drug-likeness (QED) is 0.595. The molecule has 2 N–H and O–H groups in total. The molecule has 0 aliphatic heterocycles. The summed E-state index contributed by atoms with van der Waals surface area (Å²) in [5.41, 5.74) is 3.86. The van der Waals surface area contributed by atoms with Crippen LogP contribution in [-0.4, -0.2) is 10.2 Å². The second kappa shape index (κ2) is 7.90.